The molecular weight excluding hydrogens is 204 g/mol. The van der Waals surface area contributed by atoms with Gasteiger partial charge in [0.1, 0.15) is 6.10 Å². The van der Waals surface area contributed by atoms with E-state index in [2.05, 4.69) is 0 Å². The summed E-state index contributed by atoms with van der Waals surface area (Å²) < 4.78 is 5.65. The van der Waals surface area contributed by atoms with Crippen LogP contribution in [0.15, 0.2) is 30.3 Å². The van der Waals surface area contributed by atoms with E-state index in [0.29, 0.717) is 19.7 Å². The van der Waals surface area contributed by atoms with Gasteiger partial charge in [-0.1, -0.05) is 30.3 Å². The van der Waals surface area contributed by atoms with Crippen molar-refractivity contribution in [2.45, 2.75) is 6.10 Å². The smallest absolute Gasteiger partial charge is 0.236 e. The average Bonchev–Trinajstić information content (AvgIpc) is 2.39. The molecule has 1 saturated heterocycles. The third kappa shape index (κ3) is 2.40. The van der Waals surface area contributed by atoms with Crippen molar-refractivity contribution in [2.24, 2.45) is 5.73 Å². The van der Waals surface area contributed by atoms with Gasteiger partial charge in [-0.2, -0.15) is 0 Å². The molecular formula is C12H16N2O2. The third-order valence-electron chi connectivity index (χ3n) is 2.77. The van der Waals surface area contributed by atoms with Crippen LogP contribution in [-0.4, -0.2) is 37.0 Å². The molecule has 0 aliphatic carbocycles. The van der Waals surface area contributed by atoms with E-state index in [1.54, 1.807) is 4.90 Å². The van der Waals surface area contributed by atoms with E-state index in [1.807, 2.05) is 30.3 Å². The van der Waals surface area contributed by atoms with Gasteiger partial charge in [0.15, 0.2) is 0 Å². The van der Waals surface area contributed by atoms with Crippen molar-refractivity contribution in [3.05, 3.63) is 35.9 Å². The number of carbonyl (C=O) groups excluding carboxylic acids is 1. The van der Waals surface area contributed by atoms with Crippen LogP contribution in [0.25, 0.3) is 0 Å². The van der Waals surface area contributed by atoms with Crippen LogP contribution in [-0.2, 0) is 9.53 Å². The van der Waals surface area contributed by atoms with Crippen LogP contribution < -0.4 is 5.73 Å². The van der Waals surface area contributed by atoms with Crippen LogP contribution in [0.4, 0.5) is 0 Å². The lowest BCUT2D eigenvalue weighted by molar-refractivity contribution is -0.137. The summed E-state index contributed by atoms with van der Waals surface area (Å²) in [5.74, 6) is -0.00997. The highest BCUT2D eigenvalue weighted by molar-refractivity contribution is 5.78. The Hall–Kier alpha value is -1.39. The molecule has 1 aliphatic rings. The zero-order valence-corrected chi connectivity index (χ0v) is 9.13. The summed E-state index contributed by atoms with van der Waals surface area (Å²) in [6.07, 6.45) is -0.0227. The molecule has 1 atom stereocenters. The summed E-state index contributed by atoms with van der Waals surface area (Å²) in [5.41, 5.74) is 6.46. The fourth-order valence-electron chi connectivity index (χ4n) is 1.87. The van der Waals surface area contributed by atoms with E-state index in [-0.39, 0.29) is 18.6 Å². The van der Waals surface area contributed by atoms with Gasteiger partial charge in [0.05, 0.1) is 19.7 Å². The minimum absolute atomic E-state index is 0.00997. The van der Waals surface area contributed by atoms with Gasteiger partial charge in [-0.05, 0) is 5.56 Å². The third-order valence-corrected chi connectivity index (χ3v) is 2.77. The van der Waals surface area contributed by atoms with E-state index in [9.17, 15) is 4.79 Å². The highest BCUT2D eigenvalue weighted by Gasteiger charge is 2.24. The second-order valence-electron chi connectivity index (χ2n) is 3.81. The highest BCUT2D eigenvalue weighted by atomic mass is 16.5. The Balaban J connectivity index is 2.05. The predicted octanol–water partition coefficient (Wildman–Crippen LogP) is 0.545. The predicted molar refractivity (Wildman–Crippen MR) is 60.8 cm³/mol. The van der Waals surface area contributed by atoms with Crippen LogP contribution in [0, 0.1) is 0 Å². The van der Waals surface area contributed by atoms with E-state index >= 15 is 0 Å². The summed E-state index contributed by atoms with van der Waals surface area (Å²) in [6, 6.07) is 9.95. The molecule has 1 aromatic carbocycles. The van der Waals surface area contributed by atoms with Crippen LogP contribution >= 0.6 is 0 Å². The van der Waals surface area contributed by atoms with Crippen LogP contribution in [0.2, 0.25) is 0 Å². The number of hydrogen-bond donors (Lipinski definition) is 1. The van der Waals surface area contributed by atoms with E-state index in [4.69, 9.17) is 10.5 Å². The topological polar surface area (TPSA) is 55.6 Å². The lowest BCUT2D eigenvalue weighted by Crippen LogP contribution is -2.44. The molecule has 4 nitrogen and oxygen atoms in total. The first-order valence-electron chi connectivity index (χ1n) is 5.45. The van der Waals surface area contributed by atoms with Crippen molar-refractivity contribution in [1.29, 1.82) is 0 Å². The normalized spacial score (nSPS) is 20.8. The van der Waals surface area contributed by atoms with Gasteiger partial charge in [0, 0.05) is 6.54 Å². The number of carbonyl (C=O) groups is 1. The van der Waals surface area contributed by atoms with Crippen molar-refractivity contribution in [3.63, 3.8) is 0 Å². The molecule has 0 spiro atoms. The van der Waals surface area contributed by atoms with Crippen LogP contribution in [0.5, 0.6) is 0 Å². The Bertz CT molecular complexity index is 353. The number of amides is 1. The Labute approximate surface area is 95.0 Å². The Kier molecular flexibility index (Phi) is 3.54. The highest BCUT2D eigenvalue weighted by Crippen LogP contribution is 2.21. The molecule has 2 N–H and O–H groups in total. The lowest BCUT2D eigenvalue weighted by atomic mass is 10.1. The Morgan fingerprint density at radius 2 is 2.19 bits per heavy atom. The molecule has 1 amide bonds. The zero-order valence-electron chi connectivity index (χ0n) is 9.13. The fourth-order valence-corrected chi connectivity index (χ4v) is 1.87. The minimum Gasteiger partial charge on any atom is -0.370 e. The number of nitrogens with zero attached hydrogens (tertiary/aromatic N) is 1. The second-order valence-corrected chi connectivity index (χ2v) is 3.81. The van der Waals surface area contributed by atoms with Crippen molar-refractivity contribution in [3.8, 4) is 0 Å². The van der Waals surface area contributed by atoms with Crippen molar-refractivity contribution in [1.82, 2.24) is 4.90 Å². The molecule has 1 aliphatic heterocycles. The maximum Gasteiger partial charge on any atom is 0.236 e. The van der Waals surface area contributed by atoms with Gasteiger partial charge >= 0.3 is 0 Å². The van der Waals surface area contributed by atoms with Gasteiger partial charge in [-0.15, -0.1) is 0 Å². The second kappa shape index (κ2) is 5.09. The molecule has 1 heterocycles. The molecule has 0 bridgehead atoms. The summed E-state index contributed by atoms with van der Waals surface area (Å²) in [5, 5.41) is 0. The van der Waals surface area contributed by atoms with Gasteiger partial charge in [0.2, 0.25) is 5.91 Å². The molecule has 86 valence electrons. The first kappa shape index (κ1) is 11.1. The number of morpholine rings is 1. The van der Waals surface area contributed by atoms with Crippen LogP contribution in [0.3, 0.4) is 0 Å². The molecule has 2 rings (SSSR count). The van der Waals surface area contributed by atoms with Crippen molar-refractivity contribution >= 4 is 5.91 Å². The zero-order chi connectivity index (χ0) is 11.4. The first-order chi connectivity index (χ1) is 7.81. The molecule has 1 aromatic rings. The fraction of sp³-hybridized carbons (Fsp3) is 0.417. The Morgan fingerprint density at radius 3 is 2.88 bits per heavy atom. The maximum absolute atomic E-state index is 11.5. The number of rotatable bonds is 2. The summed E-state index contributed by atoms with van der Waals surface area (Å²) in [7, 11) is 0. The molecule has 4 heteroatoms. The molecule has 1 fully saturated rings. The summed E-state index contributed by atoms with van der Waals surface area (Å²) in [6.45, 7) is 1.88. The number of nitrogens with two attached hydrogens (primary N) is 1. The minimum atomic E-state index is -0.0227. The molecule has 0 radical (unpaired) electrons. The van der Waals surface area contributed by atoms with Gasteiger partial charge in [0.25, 0.3) is 0 Å². The van der Waals surface area contributed by atoms with Crippen molar-refractivity contribution in [2.75, 3.05) is 26.2 Å². The quantitative estimate of drug-likeness (QED) is 0.791. The molecule has 0 unspecified atom stereocenters. The molecule has 0 aromatic heterocycles. The monoisotopic (exact) mass is 220 g/mol. The van der Waals surface area contributed by atoms with Gasteiger partial charge in [-0.25, -0.2) is 0 Å². The largest absolute Gasteiger partial charge is 0.370 e. The maximum atomic E-state index is 11.5. The average molecular weight is 220 g/mol. The van der Waals surface area contributed by atoms with E-state index < -0.39 is 0 Å². The van der Waals surface area contributed by atoms with E-state index in [1.165, 1.54) is 0 Å². The first-order valence-corrected chi connectivity index (χ1v) is 5.45. The lowest BCUT2D eigenvalue weighted by Gasteiger charge is -2.33. The van der Waals surface area contributed by atoms with Gasteiger partial charge in [-0.3, -0.25) is 4.79 Å². The SMILES string of the molecule is NCC(=O)N1CCO[C@H](c2ccccc2)C1. The number of hydrogen-bond acceptors (Lipinski definition) is 3. The Morgan fingerprint density at radius 1 is 1.44 bits per heavy atom. The molecule has 0 saturated carbocycles. The van der Waals surface area contributed by atoms with Crippen molar-refractivity contribution < 1.29 is 9.53 Å². The number of ether oxygens (including phenoxy) is 1. The van der Waals surface area contributed by atoms with Crippen LogP contribution in [0.1, 0.15) is 11.7 Å². The summed E-state index contributed by atoms with van der Waals surface area (Å²) >= 11 is 0. The number of benzene rings is 1. The standard InChI is InChI=1S/C12H16N2O2/c13-8-12(15)14-6-7-16-11(9-14)10-4-2-1-3-5-10/h1-5,11H,6-9,13H2/t11-/m0/s1. The van der Waals surface area contributed by atoms with E-state index in [0.717, 1.165) is 5.56 Å². The van der Waals surface area contributed by atoms with Gasteiger partial charge < -0.3 is 15.4 Å². The molecule has 16 heavy (non-hydrogen) atoms. The summed E-state index contributed by atoms with van der Waals surface area (Å²) in [4.78, 5) is 13.3.